The van der Waals surface area contributed by atoms with Crippen LogP contribution in [0.25, 0.3) is 0 Å². The predicted molar refractivity (Wildman–Crippen MR) is 77.0 cm³/mol. The van der Waals surface area contributed by atoms with Crippen molar-refractivity contribution in [2.75, 3.05) is 7.05 Å². The summed E-state index contributed by atoms with van der Waals surface area (Å²) in [7, 11) is 1.50. The molecular formula is C16H19NO4. The van der Waals surface area contributed by atoms with Crippen LogP contribution in [0, 0.1) is 5.92 Å². The first-order valence-corrected chi connectivity index (χ1v) is 7.03. The molecule has 0 saturated carbocycles. The van der Waals surface area contributed by atoms with Crippen molar-refractivity contribution in [2.45, 2.75) is 32.6 Å². The third-order valence-corrected chi connectivity index (χ3v) is 3.87. The lowest BCUT2D eigenvalue weighted by Gasteiger charge is -2.23. The molecule has 1 aromatic carbocycles. The molecule has 0 radical (unpaired) electrons. The van der Waals surface area contributed by atoms with E-state index in [1.807, 2.05) is 25.1 Å². The molecule has 2 rings (SSSR count). The molecule has 5 nitrogen and oxygen atoms in total. The van der Waals surface area contributed by atoms with Crippen molar-refractivity contribution in [3.05, 3.63) is 34.9 Å². The molecule has 0 aromatic heterocycles. The standard InChI is InChI=1S/C16H19NO4/c1-10(7-15(19)20)3-4-11-5-6-12-9-14(18)17(2)16(21)13(12)8-11/h5-6,8,10H,3-4,7,9H2,1-2H3,(H,19,20). The van der Waals surface area contributed by atoms with E-state index in [4.69, 9.17) is 5.11 Å². The molecule has 1 aromatic rings. The van der Waals surface area contributed by atoms with Gasteiger partial charge in [-0.3, -0.25) is 19.3 Å². The summed E-state index contributed by atoms with van der Waals surface area (Å²) in [5.74, 6) is -1.14. The Bertz CT molecular complexity index is 594. The summed E-state index contributed by atoms with van der Waals surface area (Å²) in [6.07, 6.45) is 1.90. The van der Waals surface area contributed by atoms with E-state index in [0.29, 0.717) is 5.56 Å². The maximum Gasteiger partial charge on any atom is 0.303 e. The number of hydrogen-bond acceptors (Lipinski definition) is 3. The van der Waals surface area contributed by atoms with E-state index < -0.39 is 5.97 Å². The van der Waals surface area contributed by atoms with E-state index in [2.05, 4.69) is 0 Å². The highest BCUT2D eigenvalue weighted by atomic mass is 16.4. The van der Waals surface area contributed by atoms with Crippen LogP contribution in [-0.2, 0) is 22.4 Å². The second kappa shape index (κ2) is 6.08. The Labute approximate surface area is 123 Å². The summed E-state index contributed by atoms with van der Waals surface area (Å²) < 4.78 is 0. The Hall–Kier alpha value is -2.17. The first-order chi connectivity index (χ1) is 9.88. The van der Waals surface area contributed by atoms with Gasteiger partial charge in [-0.15, -0.1) is 0 Å². The van der Waals surface area contributed by atoms with Crippen molar-refractivity contribution in [1.29, 1.82) is 0 Å². The van der Waals surface area contributed by atoms with Crippen LogP contribution in [0.1, 0.15) is 41.3 Å². The van der Waals surface area contributed by atoms with Crippen molar-refractivity contribution in [3.63, 3.8) is 0 Å². The van der Waals surface area contributed by atoms with E-state index >= 15 is 0 Å². The minimum atomic E-state index is -0.789. The lowest BCUT2D eigenvalue weighted by molar-refractivity contribution is -0.138. The highest BCUT2D eigenvalue weighted by Gasteiger charge is 2.27. The predicted octanol–water partition coefficient (Wildman–Crippen LogP) is 1.88. The molecule has 0 aliphatic carbocycles. The molecule has 1 unspecified atom stereocenters. The fourth-order valence-corrected chi connectivity index (χ4v) is 2.52. The number of fused-ring (bicyclic) bond motifs is 1. The molecular weight excluding hydrogens is 270 g/mol. The lowest BCUT2D eigenvalue weighted by Crippen LogP contribution is -2.39. The van der Waals surface area contributed by atoms with Crippen LogP contribution in [0.3, 0.4) is 0 Å². The second-order valence-corrected chi connectivity index (χ2v) is 5.67. The van der Waals surface area contributed by atoms with Crippen molar-refractivity contribution in [3.8, 4) is 0 Å². The van der Waals surface area contributed by atoms with Gasteiger partial charge in [0.25, 0.3) is 5.91 Å². The van der Waals surface area contributed by atoms with Gasteiger partial charge in [0.1, 0.15) is 0 Å². The van der Waals surface area contributed by atoms with Crippen molar-refractivity contribution < 1.29 is 19.5 Å². The Morgan fingerprint density at radius 1 is 1.38 bits per heavy atom. The number of imide groups is 1. The van der Waals surface area contributed by atoms with E-state index in [1.54, 1.807) is 0 Å². The number of hydrogen-bond donors (Lipinski definition) is 1. The van der Waals surface area contributed by atoms with Gasteiger partial charge in [-0.25, -0.2) is 0 Å². The van der Waals surface area contributed by atoms with Crippen molar-refractivity contribution in [2.24, 2.45) is 5.92 Å². The monoisotopic (exact) mass is 289 g/mol. The molecule has 0 fully saturated rings. The molecule has 0 spiro atoms. The van der Waals surface area contributed by atoms with E-state index in [1.165, 1.54) is 7.05 Å². The minimum absolute atomic E-state index is 0.0958. The summed E-state index contributed by atoms with van der Waals surface area (Å²) in [5.41, 5.74) is 2.35. The molecule has 1 heterocycles. The average molecular weight is 289 g/mol. The first kappa shape index (κ1) is 15.2. The molecule has 1 aliphatic rings. The molecule has 0 bridgehead atoms. The van der Waals surface area contributed by atoms with Gasteiger partial charge in [-0.1, -0.05) is 19.1 Å². The van der Waals surface area contributed by atoms with E-state index in [0.717, 1.165) is 28.9 Å². The van der Waals surface area contributed by atoms with Gasteiger partial charge in [0.05, 0.1) is 6.42 Å². The van der Waals surface area contributed by atoms with Crippen molar-refractivity contribution in [1.82, 2.24) is 4.90 Å². The first-order valence-electron chi connectivity index (χ1n) is 7.03. The summed E-state index contributed by atoms with van der Waals surface area (Å²) in [6.45, 7) is 1.91. The number of carbonyl (C=O) groups is 3. The highest BCUT2D eigenvalue weighted by Crippen LogP contribution is 2.22. The molecule has 1 aliphatic heterocycles. The molecule has 2 amide bonds. The van der Waals surface area contributed by atoms with Crippen molar-refractivity contribution >= 4 is 17.8 Å². The number of carboxylic acids is 1. The topological polar surface area (TPSA) is 74.7 Å². The number of carboxylic acid groups (broad SMARTS) is 1. The number of aliphatic carboxylic acids is 1. The quantitative estimate of drug-likeness (QED) is 0.840. The van der Waals surface area contributed by atoms with Gasteiger partial charge >= 0.3 is 5.97 Å². The highest BCUT2D eigenvalue weighted by molar-refractivity contribution is 6.09. The Morgan fingerprint density at radius 3 is 2.76 bits per heavy atom. The van der Waals surface area contributed by atoms with Crippen LogP contribution in [0.15, 0.2) is 18.2 Å². The molecule has 112 valence electrons. The number of amides is 2. The summed E-state index contributed by atoms with van der Waals surface area (Å²) >= 11 is 0. The van der Waals surface area contributed by atoms with Gasteiger partial charge in [-0.2, -0.15) is 0 Å². The fraction of sp³-hybridized carbons (Fsp3) is 0.438. The van der Waals surface area contributed by atoms with Crippen LogP contribution in [0.2, 0.25) is 0 Å². The fourth-order valence-electron chi connectivity index (χ4n) is 2.52. The normalized spacial score (nSPS) is 15.8. The Balaban J connectivity index is 2.09. The third kappa shape index (κ3) is 3.48. The van der Waals surface area contributed by atoms with Crippen LogP contribution in [0.5, 0.6) is 0 Å². The second-order valence-electron chi connectivity index (χ2n) is 5.67. The van der Waals surface area contributed by atoms with Crippen LogP contribution in [0.4, 0.5) is 0 Å². The van der Waals surface area contributed by atoms with Gasteiger partial charge in [0.2, 0.25) is 5.91 Å². The molecule has 1 atom stereocenters. The lowest BCUT2D eigenvalue weighted by atomic mass is 9.93. The number of carbonyl (C=O) groups excluding carboxylic acids is 2. The number of aryl methyl sites for hydroxylation is 1. The zero-order chi connectivity index (χ0) is 15.6. The number of rotatable bonds is 5. The largest absolute Gasteiger partial charge is 0.481 e. The smallest absolute Gasteiger partial charge is 0.303 e. The Morgan fingerprint density at radius 2 is 2.10 bits per heavy atom. The van der Waals surface area contributed by atoms with Gasteiger partial charge < -0.3 is 5.11 Å². The summed E-state index contributed by atoms with van der Waals surface area (Å²) in [4.78, 5) is 35.5. The van der Waals surface area contributed by atoms with Gasteiger partial charge in [0.15, 0.2) is 0 Å². The SMILES string of the molecule is CC(CCc1ccc2c(c1)C(=O)N(C)C(=O)C2)CC(=O)O. The molecule has 5 heteroatoms. The zero-order valence-corrected chi connectivity index (χ0v) is 12.3. The van der Waals surface area contributed by atoms with Gasteiger partial charge in [0, 0.05) is 19.0 Å². The average Bonchev–Trinajstić information content (AvgIpc) is 2.42. The number of nitrogens with zero attached hydrogens (tertiary/aromatic N) is 1. The maximum atomic E-state index is 12.1. The van der Waals surface area contributed by atoms with E-state index in [-0.39, 0.29) is 30.6 Å². The molecule has 21 heavy (non-hydrogen) atoms. The number of likely N-dealkylation sites (N-methyl/N-ethyl adjacent to an activating group) is 1. The molecule has 0 saturated heterocycles. The van der Waals surface area contributed by atoms with Crippen LogP contribution < -0.4 is 0 Å². The summed E-state index contributed by atoms with van der Waals surface area (Å²) in [5, 5.41) is 8.75. The third-order valence-electron chi connectivity index (χ3n) is 3.87. The van der Waals surface area contributed by atoms with Gasteiger partial charge in [-0.05, 0) is 36.0 Å². The van der Waals surface area contributed by atoms with Crippen LogP contribution >= 0.6 is 0 Å². The maximum absolute atomic E-state index is 12.1. The summed E-state index contributed by atoms with van der Waals surface area (Å²) in [6, 6.07) is 5.57. The zero-order valence-electron chi connectivity index (χ0n) is 12.3. The molecule has 1 N–H and O–H groups in total. The Kier molecular flexibility index (Phi) is 4.40. The van der Waals surface area contributed by atoms with Crippen LogP contribution in [-0.4, -0.2) is 34.8 Å². The van der Waals surface area contributed by atoms with E-state index in [9.17, 15) is 14.4 Å². The number of benzene rings is 1. The minimum Gasteiger partial charge on any atom is -0.481 e.